The van der Waals surface area contributed by atoms with Gasteiger partial charge in [0.25, 0.3) is 6.43 Å². The second kappa shape index (κ2) is 6.23. The molecule has 0 aliphatic carbocycles. The fraction of sp³-hybridized carbons (Fsp3) is 0.400. The Balaban J connectivity index is 2.86. The van der Waals surface area contributed by atoms with Crippen LogP contribution in [0.25, 0.3) is 0 Å². The van der Waals surface area contributed by atoms with Crippen LogP contribution in [0, 0.1) is 5.82 Å². The molecule has 1 aromatic rings. The van der Waals surface area contributed by atoms with Crippen molar-refractivity contribution in [2.75, 3.05) is 18.5 Å². The molecule has 1 atom stereocenters. The number of aliphatic hydroxyl groups excluding tert-OH is 2. The number of aliphatic hydroxyl groups is 2. The molecule has 0 fully saturated rings. The highest BCUT2D eigenvalue weighted by Crippen LogP contribution is 2.31. The fourth-order valence-electron chi connectivity index (χ4n) is 1.17. The van der Waals surface area contributed by atoms with Crippen molar-refractivity contribution in [2.24, 2.45) is 0 Å². The number of nitrogens with one attached hydrogen (secondary N) is 1. The third-order valence-corrected chi connectivity index (χ3v) is 2.67. The zero-order valence-corrected chi connectivity index (χ0v) is 10.2. The van der Waals surface area contributed by atoms with Gasteiger partial charge in [-0.1, -0.05) is 0 Å². The van der Waals surface area contributed by atoms with Gasteiger partial charge in [0.15, 0.2) is 0 Å². The number of rotatable bonds is 5. The number of hydrogen-bond acceptors (Lipinski definition) is 3. The molecule has 0 amide bonds. The summed E-state index contributed by atoms with van der Waals surface area (Å²) in [5, 5.41) is 20.2. The maximum absolute atomic E-state index is 13.5. The summed E-state index contributed by atoms with van der Waals surface area (Å²) < 4.78 is 38.3. The summed E-state index contributed by atoms with van der Waals surface area (Å²) in [5.41, 5.74) is -0.454. The topological polar surface area (TPSA) is 52.5 Å². The lowest BCUT2D eigenvalue weighted by Crippen LogP contribution is -2.23. The molecule has 0 saturated heterocycles. The average Bonchev–Trinajstić information content (AvgIpc) is 2.27. The van der Waals surface area contributed by atoms with E-state index in [1.165, 1.54) is 0 Å². The van der Waals surface area contributed by atoms with E-state index in [4.69, 9.17) is 10.2 Å². The standard InChI is InChI=1S/C10H11BrF3NO2/c11-7-1-5(10(13)14)2-8(12)9(7)15-3-6(17)4-16/h1-2,6,10,15-17H,3-4H2. The average molecular weight is 314 g/mol. The highest BCUT2D eigenvalue weighted by Gasteiger charge is 2.15. The maximum atomic E-state index is 13.5. The molecule has 0 bridgehead atoms. The fourth-order valence-corrected chi connectivity index (χ4v) is 1.77. The normalized spacial score (nSPS) is 12.9. The van der Waals surface area contributed by atoms with E-state index in [9.17, 15) is 13.2 Å². The maximum Gasteiger partial charge on any atom is 0.263 e. The van der Waals surface area contributed by atoms with Crippen LogP contribution >= 0.6 is 15.9 Å². The molecule has 3 N–H and O–H groups in total. The molecule has 1 rings (SSSR count). The number of hydrogen-bond donors (Lipinski definition) is 3. The Bertz CT molecular complexity index is 367. The van der Waals surface area contributed by atoms with Crippen LogP contribution in [-0.4, -0.2) is 29.5 Å². The van der Waals surface area contributed by atoms with Gasteiger partial charge >= 0.3 is 0 Å². The quantitative estimate of drug-likeness (QED) is 0.782. The molecule has 0 radical (unpaired) electrons. The molecule has 0 aliphatic heterocycles. The van der Waals surface area contributed by atoms with Crippen molar-refractivity contribution in [3.8, 4) is 0 Å². The monoisotopic (exact) mass is 313 g/mol. The smallest absolute Gasteiger partial charge is 0.263 e. The number of alkyl halides is 2. The van der Waals surface area contributed by atoms with Gasteiger partial charge in [-0.25, -0.2) is 13.2 Å². The minimum absolute atomic E-state index is 0.0260. The summed E-state index contributed by atoms with van der Waals surface area (Å²) >= 11 is 2.96. The van der Waals surface area contributed by atoms with E-state index < -0.39 is 30.5 Å². The summed E-state index contributed by atoms with van der Waals surface area (Å²) in [6.45, 7) is -0.554. The van der Waals surface area contributed by atoms with Crippen molar-refractivity contribution < 1.29 is 23.4 Å². The van der Waals surface area contributed by atoms with E-state index in [1.807, 2.05) is 0 Å². The van der Waals surface area contributed by atoms with Crippen LogP contribution in [0.15, 0.2) is 16.6 Å². The Morgan fingerprint density at radius 1 is 1.35 bits per heavy atom. The van der Waals surface area contributed by atoms with Crippen molar-refractivity contribution >= 4 is 21.6 Å². The molecular formula is C10H11BrF3NO2. The van der Waals surface area contributed by atoms with Gasteiger partial charge in [0.1, 0.15) is 5.82 Å². The lowest BCUT2D eigenvalue weighted by Gasteiger charge is -2.13. The van der Waals surface area contributed by atoms with Gasteiger partial charge < -0.3 is 15.5 Å². The third-order valence-electron chi connectivity index (χ3n) is 2.04. The van der Waals surface area contributed by atoms with E-state index in [-0.39, 0.29) is 16.7 Å². The second-order valence-corrected chi connectivity index (χ2v) is 4.23. The first kappa shape index (κ1) is 14.3. The van der Waals surface area contributed by atoms with Crippen molar-refractivity contribution in [2.45, 2.75) is 12.5 Å². The molecule has 0 heterocycles. The lowest BCUT2D eigenvalue weighted by molar-refractivity contribution is 0.105. The second-order valence-electron chi connectivity index (χ2n) is 3.38. The predicted molar refractivity (Wildman–Crippen MR) is 60.6 cm³/mol. The van der Waals surface area contributed by atoms with E-state index in [0.29, 0.717) is 0 Å². The molecule has 1 aromatic carbocycles. The van der Waals surface area contributed by atoms with Gasteiger partial charge in [0, 0.05) is 16.6 Å². The minimum atomic E-state index is -2.75. The van der Waals surface area contributed by atoms with Gasteiger partial charge in [-0.05, 0) is 28.1 Å². The molecule has 0 aliphatic rings. The van der Waals surface area contributed by atoms with Gasteiger partial charge in [0.05, 0.1) is 18.4 Å². The molecule has 0 spiro atoms. The van der Waals surface area contributed by atoms with Crippen LogP contribution in [0.5, 0.6) is 0 Å². The van der Waals surface area contributed by atoms with Crippen LogP contribution in [0.3, 0.4) is 0 Å². The summed E-state index contributed by atoms with van der Waals surface area (Å²) in [6, 6.07) is 1.82. The molecule has 1 unspecified atom stereocenters. The summed E-state index contributed by atoms with van der Waals surface area (Å²) in [6.07, 6.45) is -3.80. The molecule has 7 heteroatoms. The summed E-state index contributed by atoms with van der Waals surface area (Å²) in [7, 11) is 0. The SMILES string of the molecule is OCC(O)CNc1c(F)cc(C(F)F)cc1Br. The number of benzene rings is 1. The summed E-state index contributed by atoms with van der Waals surface area (Å²) in [5.74, 6) is -0.847. The highest BCUT2D eigenvalue weighted by molar-refractivity contribution is 9.10. The predicted octanol–water partition coefficient (Wildman–Crippen LogP) is 2.29. The van der Waals surface area contributed by atoms with Gasteiger partial charge in [0.2, 0.25) is 0 Å². The molecule has 96 valence electrons. The van der Waals surface area contributed by atoms with Crippen molar-refractivity contribution in [3.05, 3.63) is 28.0 Å². The van der Waals surface area contributed by atoms with Crippen LogP contribution in [0.1, 0.15) is 12.0 Å². The van der Waals surface area contributed by atoms with Gasteiger partial charge in [-0.15, -0.1) is 0 Å². The molecule has 0 aromatic heterocycles. The van der Waals surface area contributed by atoms with Crippen LogP contribution in [0.2, 0.25) is 0 Å². The minimum Gasteiger partial charge on any atom is -0.394 e. The Labute approximate surface area is 104 Å². The highest BCUT2D eigenvalue weighted by atomic mass is 79.9. The zero-order chi connectivity index (χ0) is 13.0. The van der Waals surface area contributed by atoms with E-state index in [1.54, 1.807) is 0 Å². The molecular weight excluding hydrogens is 303 g/mol. The third kappa shape index (κ3) is 3.86. The van der Waals surface area contributed by atoms with Crippen molar-refractivity contribution in [1.82, 2.24) is 0 Å². The van der Waals surface area contributed by atoms with Crippen LogP contribution in [-0.2, 0) is 0 Å². The molecule has 17 heavy (non-hydrogen) atoms. The van der Waals surface area contributed by atoms with E-state index >= 15 is 0 Å². The molecule has 3 nitrogen and oxygen atoms in total. The Kier molecular flexibility index (Phi) is 5.23. The zero-order valence-electron chi connectivity index (χ0n) is 8.63. The summed E-state index contributed by atoms with van der Waals surface area (Å²) in [4.78, 5) is 0. The number of anilines is 1. The van der Waals surface area contributed by atoms with E-state index in [2.05, 4.69) is 21.2 Å². The van der Waals surface area contributed by atoms with Gasteiger partial charge in [-0.3, -0.25) is 0 Å². The van der Waals surface area contributed by atoms with E-state index in [0.717, 1.165) is 12.1 Å². The first-order valence-corrected chi connectivity index (χ1v) is 5.55. The first-order valence-electron chi connectivity index (χ1n) is 4.75. The lowest BCUT2D eigenvalue weighted by atomic mass is 10.2. The Hall–Kier alpha value is -0.790. The number of halogens is 4. The Morgan fingerprint density at radius 3 is 2.47 bits per heavy atom. The van der Waals surface area contributed by atoms with Crippen LogP contribution in [0.4, 0.5) is 18.9 Å². The van der Waals surface area contributed by atoms with Crippen molar-refractivity contribution in [1.29, 1.82) is 0 Å². The Morgan fingerprint density at radius 2 is 2.00 bits per heavy atom. The van der Waals surface area contributed by atoms with Gasteiger partial charge in [-0.2, -0.15) is 0 Å². The van der Waals surface area contributed by atoms with Crippen molar-refractivity contribution in [3.63, 3.8) is 0 Å². The largest absolute Gasteiger partial charge is 0.394 e. The first-order chi connectivity index (χ1) is 7.95. The van der Waals surface area contributed by atoms with Crippen LogP contribution < -0.4 is 5.32 Å². The molecule has 0 saturated carbocycles.